The number of hydrogen-bond acceptors (Lipinski definition) is 2. The van der Waals surface area contributed by atoms with Crippen LogP contribution < -0.4 is 0 Å². The Morgan fingerprint density at radius 3 is 2.68 bits per heavy atom. The van der Waals surface area contributed by atoms with Crippen molar-refractivity contribution in [2.45, 2.75) is 32.6 Å². The standard InChI is InChI=1S/C16H15BrO2/c1-10(11-5-4-6-12(17)9-11)15-13-7-2-3-8-14(13)16(18)19-15/h4-6,9H,2-3,7-8H2,1H3. The van der Waals surface area contributed by atoms with Gasteiger partial charge in [-0.1, -0.05) is 28.1 Å². The molecule has 0 saturated carbocycles. The number of benzene rings is 1. The van der Waals surface area contributed by atoms with Crippen molar-refractivity contribution >= 4 is 27.5 Å². The lowest BCUT2D eigenvalue weighted by atomic mass is 9.90. The third-order valence-corrected chi connectivity index (χ3v) is 4.27. The van der Waals surface area contributed by atoms with Crippen LogP contribution in [0.4, 0.5) is 0 Å². The molecule has 98 valence electrons. The molecule has 1 aromatic rings. The number of esters is 1. The molecule has 0 fully saturated rings. The topological polar surface area (TPSA) is 26.3 Å². The number of ether oxygens (including phenoxy) is 1. The summed E-state index contributed by atoms with van der Waals surface area (Å²) in [6, 6.07) is 8.09. The Balaban J connectivity index is 2.08. The molecule has 2 nitrogen and oxygen atoms in total. The van der Waals surface area contributed by atoms with E-state index in [0.717, 1.165) is 58.2 Å². The third kappa shape index (κ3) is 2.27. The second kappa shape index (κ2) is 4.97. The monoisotopic (exact) mass is 318 g/mol. The number of rotatable bonds is 1. The van der Waals surface area contributed by atoms with Gasteiger partial charge in [0, 0.05) is 15.6 Å². The highest BCUT2D eigenvalue weighted by molar-refractivity contribution is 9.10. The van der Waals surface area contributed by atoms with Crippen LogP contribution >= 0.6 is 15.9 Å². The van der Waals surface area contributed by atoms with E-state index < -0.39 is 0 Å². The molecule has 1 aliphatic heterocycles. The molecule has 1 aliphatic carbocycles. The highest BCUT2D eigenvalue weighted by Crippen LogP contribution is 2.40. The Morgan fingerprint density at radius 1 is 1.21 bits per heavy atom. The maximum Gasteiger partial charge on any atom is 0.339 e. The quantitative estimate of drug-likeness (QED) is 0.707. The van der Waals surface area contributed by atoms with Crippen molar-refractivity contribution < 1.29 is 9.53 Å². The van der Waals surface area contributed by atoms with Crippen molar-refractivity contribution in [3.63, 3.8) is 0 Å². The molecule has 0 amide bonds. The van der Waals surface area contributed by atoms with E-state index >= 15 is 0 Å². The maximum absolute atomic E-state index is 11.9. The van der Waals surface area contributed by atoms with E-state index in [4.69, 9.17) is 4.74 Å². The first-order valence-electron chi connectivity index (χ1n) is 6.58. The number of carbonyl (C=O) groups excluding carboxylic acids is 1. The van der Waals surface area contributed by atoms with Gasteiger partial charge in [-0.25, -0.2) is 4.79 Å². The number of allylic oxidation sites excluding steroid dienone is 2. The molecule has 2 aliphatic rings. The molecule has 0 radical (unpaired) electrons. The molecule has 0 bridgehead atoms. The van der Waals surface area contributed by atoms with Crippen molar-refractivity contribution in [1.29, 1.82) is 0 Å². The highest BCUT2D eigenvalue weighted by Gasteiger charge is 2.32. The van der Waals surface area contributed by atoms with Gasteiger partial charge in [0.2, 0.25) is 0 Å². The zero-order valence-corrected chi connectivity index (χ0v) is 12.4. The third-order valence-electron chi connectivity index (χ3n) is 3.78. The molecule has 1 heterocycles. The van der Waals surface area contributed by atoms with Crippen molar-refractivity contribution in [3.8, 4) is 0 Å². The zero-order chi connectivity index (χ0) is 13.4. The molecular formula is C16H15BrO2. The van der Waals surface area contributed by atoms with Gasteiger partial charge in [0.25, 0.3) is 0 Å². The maximum atomic E-state index is 11.9. The van der Waals surface area contributed by atoms with Gasteiger partial charge in [0.05, 0.1) is 0 Å². The van der Waals surface area contributed by atoms with Gasteiger partial charge in [-0.05, 0) is 55.9 Å². The fourth-order valence-electron chi connectivity index (χ4n) is 2.75. The van der Waals surface area contributed by atoms with Crippen LogP contribution in [0, 0.1) is 0 Å². The zero-order valence-electron chi connectivity index (χ0n) is 10.8. The van der Waals surface area contributed by atoms with Gasteiger partial charge in [0.15, 0.2) is 0 Å². The number of carbonyl (C=O) groups is 1. The van der Waals surface area contributed by atoms with Crippen LogP contribution in [0.2, 0.25) is 0 Å². The minimum Gasteiger partial charge on any atom is -0.423 e. The second-order valence-electron chi connectivity index (χ2n) is 5.02. The summed E-state index contributed by atoms with van der Waals surface area (Å²) in [5.41, 5.74) is 4.17. The van der Waals surface area contributed by atoms with Crippen molar-refractivity contribution in [2.75, 3.05) is 0 Å². The summed E-state index contributed by atoms with van der Waals surface area (Å²) in [4.78, 5) is 11.9. The summed E-state index contributed by atoms with van der Waals surface area (Å²) in [5, 5.41) is 0. The van der Waals surface area contributed by atoms with E-state index in [1.807, 2.05) is 25.1 Å². The van der Waals surface area contributed by atoms with E-state index in [-0.39, 0.29) is 5.97 Å². The fourth-order valence-corrected chi connectivity index (χ4v) is 3.15. The normalized spacial score (nSPS) is 21.3. The van der Waals surface area contributed by atoms with Crippen molar-refractivity contribution in [3.05, 3.63) is 51.2 Å². The molecule has 19 heavy (non-hydrogen) atoms. The molecule has 0 unspecified atom stereocenters. The molecule has 0 saturated heterocycles. The molecular weight excluding hydrogens is 304 g/mol. The lowest BCUT2D eigenvalue weighted by Gasteiger charge is -2.12. The Hall–Kier alpha value is -1.35. The Bertz CT molecular complexity index is 611. The number of halogens is 1. The number of cyclic esters (lactones) is 1. The van der Waals surface area contributed by atoms with Crippen LogP contribution in [0.1, 0.15) is 38.2 Å². The Labute approximate surface area is 121 Å². The van der Waals surface area contributed by atoms with Crippen LogP contribution in [-0.2, 0) is 9.53 Å². The molecule has 3 heteroatoms. The summed E-state index contributed by atoms with van der Waals surface area (Å²) in [5.74, 6) is 0.650. The van der Waals surface area contributed by atoms with Crippen molar-refractivity contribution in [2.24, 2.45) is 0 Å². The summed E-state index contributed by atoms with van der Waals surface area (Å²) in [6.45, 7) is 2.02. The summed E-state index contributed by atoms with van der Waals surface area (Å²) in [7, 11) is 0. The van der Waals surface area contributed by atoms with E-state index in [9.17, 15) is 4.79 Å². The van der Waals surface area contributed by atoms with E-state index in [1.165, 1.54) is 0 Å². The Kier molecular flexibility index (Phi) is 3.31. The van der Waals surface area contributed by atoms with Gasteiger partial charge in [-0.3, -0.25) is 0 Å². The van der Waals surface area contributed by atoms with Crippen LogP contribution in [0.5, 0.6) is 0 Å². The lowest BCUT2D eigenvalue weighted by Crippen LogP contribution is -2.01. The van der Waals surface area contributed by atoms with Gasteiger partial charge in [-0.2, -0.15) is 0 Å². The first-order valence-corrected chi connectivity index (χ1v) is 7.37. The van der Waals surface area contributed by atoms with E-state index in [2.05, 4.69) is 22.0 Å². The van der Waals surface area contributed by atoms with E-state index in [0.29, 0.717) is 0 Å². The minimum absolute atomic E-state index is 0.140. The predicted molar refractivity (Wildman–Crippen MR) is 78.3 cm³/mol. The van der Waals surface area contributed by atoms with Gasteiger partial charge in [0.1, 0.15) is 5.76 Å². The molecule has 3 rings (SSSR count). The lowest BCUT2D eigenvalue weighted by molar-refractivity contribution is -0.133. The predicted octanol–water partition coefficient (Wildman–Crippen LogP) is 4.61. The van der Waals surface area contributed by atoms with Gasteiger partial charge >= 0.3 is 5.97 Å². The fraction of sp³-hybridized carbons (Fsp3) is 0.312. The van der Waals surface area contributed by atoms with Crippen LogP contribution in [-0.4, -0.2) is 5.97 Å². The summed E-state index contributed by atoms with van der Waals surface area (Å²) >= 11 is 3.48. The minimum atomic E-state index is -0.140. The average molecular weight is 319 g/mol. The van der Waals surface area contributed by atoms with Crippen molar-refractivity contribution in [1.82, 2.24) is 0 Å². The SMILES string of the molecule is CC(=C1OC(=O)C2=C1CCCC2)c1cccc(Br)c1. The summed E-state index contributed by atoms with van der Waals surface area (Å²) in [6.07, 6.45) is 4.06. The highest BCUT2D eigenvalue weighted by atomic mass is 79.9. The largest absolute Gasteiger partial charge is 0.423 e. The van der Waals surface area contributed by atoms with Crippen LogP contribution in [0.15, 0.2) is 45.6 Å². The van der Waals surface area contributed by atoms with E-state index in [1.54, 1.807) is 0 Å². The molecule has 0 N–H and O–H groups in total. The van der Waals surface area contributed by atoms with Gasteiger partial charge < -0.3 is 4.74 Å². The first-order chi connectivity index (χ1) is 9.16. The molecule has 0 spiro atoms. The van der Waals surface area contributed by atoms with Crippen LogP contribution in [0.25, 0.3) is 5.57 Å². The average Bonchev–Trinajstić information content (AvgIpc) is 2.76. The van der Waals surface area contributed by atoms with Crippen LogP contribution in [0.3, 0.4) is 0 Å². The number of hydrogen-bond donors (Lipinski definition) is 0. The molecule has 1 aromatic carbocycles. The smallest absolute Gasteiger partial charge is 0.339 e. The van der Waals surface area contributed by atoms with Gasteiger partial charge in [-0.15, -0.1) is 0 Å². The molecule has 0 atom stereocenters. The molecule has 0 aromatic heterocycles. The second-order valence-corrected chi connectivity index (χ2v) is 5.93. The first kappa shape index (κ1) is 12.7. The Morgan fingerprint density at radius 2 is 1.95 bits per heavy atom. The summed E-state index contributed by atoms with van der Waals surface area (Å²) < 4.78 is 6.55.